The first kappa shape index (κ1) is 13.2. The van der Waals surface area contributed by atoms with Crippen LogP contribution in [0.2, 0.25) is 0 Å². The summed E-state index contributed by atoms with van der Waals surface area (Å²) in [4.78, 5) is 13.1. The van der Waals surface area contributed by atoms with Crippen LogP contribution in [0.3, 0.4) is 0 Å². The standard InChI is InChI=1S/C10H22N2O2/c1-7(11)8(2)12(6)9(13)14-10(3,4)5/h7-8H,11H2,1-6H3/t7?,8-/m0/s1. The van der Waals surface area contributed by atoms with Crippen molar-refractivity contribution in [2.45, 2.75) is 52.3 Å². The molecule has 1 unspecified atom stereocenters. The molecule has 0 aromatic carbocycles. The van der Waals surface area contributed by atoms with Gasteiger partial charge in [-0.1, -0.05) is 0 Å². The minimum atomic E-state index is -0.455. The van der Waals surface area contributed by atoms with Crippen LogP contribution in [-0.4, -0.2) is 35.7 Å². The Morgan fingerprint density at radius 1 is 1.36 bits per heavy atom. The summed E-state index contributed by atoms with van der Waals surface area (Å²) in [6, 6.07) is -0.0858. The number of likely N-dealkylation sites (N-methyl/N-ethyl adjacent to an activating group) is 1. The van der Waals surface area contributed by atoms with Crippen LogP contribution in [-0.2, 0) is 4.74 Å². The Balaban J connectivity index is 4.26. The molecule has 0 fully saturated rings. The third kappa shape index (κ3) is 4.46. The number of hydrogen-bond acceptors (Lipinski definition) is 3. The third-order valence-electron chi connectivity index (χ3n) is 2.05. The summed E-state index contributed by atoms with van der Waals surface area (Å²) in [6.07, 6.45) is -0.331. The Bertz CT molecular complexity index is 197. The van der Waals surface area contributed by atoms with E-state index < -0.39 is 5.60 Å². The zero-order chi connectivity index (χ0) is 11.5. The van der Waals surface area contributed by atoms with E-state index in [1.54, 1.807) is 7.05 Å². The van der Waals surface area contributed by atoms with Gasteiger partial charge in [-0.05, 0) is 34.6 Å². The number of carbonyl (C=O) groups excluding carboxylic acids is 1. The van der Waals surface area contributed by atoms with Crippen molar-refractivity contribution in [1.29, 1.82) is 0 Å². The van der Waals surface area contributed by atoms with Crippen molar-refractivity contribution < 1.29 is 9.53 Å². The van der Waals surface area contributed by atoms with E-state index in [1.165, 1.54) is 4.90 Å². The second kappa shape index (κ2) is 4.64. The van der Waals surface area contributed by atoms with Crippen LogP contribution in [0.4, 0.5) is 4.79 Å². The molecule has 0 saturated carbocycles. The van der Waals surface area contributed by atoms with E-state index in [0.717, 1.165) is 0 Å². The highest BCUT2D eigenvalue weighted by atomic mass is 16.6. The van der Waals surface area contributed by atoms with Crippen LogP contribution in [0.5, 0.6) is 0 Å². The lowest BCUT2D eigenvalue weighted by Crippen LogP contribution is -2.47. The first-order valence-corrected chi connectivity index (χ1v) is 4.86. The number of amides is 1. The first-order valence-electron chi connectivity index (χ1n) is 4.86. The fraction of sp³-hybridized carbons (Fsp3) is 0.900. The largest absolute Gasteiger partial charge is 0.444 e. The molecule has 0 heterocycles. The molecule has 0 rings (SSSR count). The number of rotatable bonds is 2. The van der Waals surface area contributed by atoms with Gasteiger partial charge in [-0.15, -0.1) is 0 Å². The number of hydrogen-bond donors (Lipinski definition) is 1. The summed E-state index contributed by atoms with van der Waals surface area (Å²) in [6.45, 7) is 9.29. The summed E-state index contributed by atoms with van der Waals surface area (Å²) in [5, 5.41) is 0. The van der Waals surface area contributed by atoms with Crippen LogP contribution < -0.4 is 5.73 Å². The second-order valence-electron chi connectivity index (χ2n) is 4.69. The average molecular weight is 202 g/mol. The number of carbonyl (C=O) groups is 1. The Hall–Kier alpha value is -0.770. The van der Waals surface area contributed by atoms with Crippen LogP contribution in [0.15, 0.2) is 0 Å². The van der Waals surface area contributed by atoms with E-state index >= 15 is 0 Å². The van der Waals surface area contributed by atoms with Gasteiger partial charge in [0.2, 0.25) is 0 Å². The maximum Gasteiger partial charge on any atom is 0.410 e. The molecule has 1 amide bonds. The van der Waals surface area contributed by atoms with Gasteiger partial charge in [0.15, 0.2) is 0 Å². The van der Waals surface area contributed by atoms with Crippen molar-refractivity contribution in [2.24, 2.45) is 5.73 Å². The Kier molecular flexibility index (Phi) is 4.39. The Morgan fingerprint density at radius 2 is 1.79 bits per heavy atom. The van der Waals surface area contributed by atoms with Crippen LogP contribution in [0.1, 0.15) is 34.6 Å². The topological polar surface area (TPSA) is 55.6 Å². The van der Waals surface area contributed by atoms with Crippen molar-refractivity contribution in [2.75, 3.05) is 7.05 Å². The van der Waals surface area contributed by atoms with Crippen molar-refractivity contribution in [3.63, 3.8) is 0 Å². The summed E-state index contributed by atoms with van der Waals surface area (Å²) in [7, 11) is 1.70. The molecule has 4 nitrogen and oxygen atoms in total. The predicted octanol–water partition coefficient (Wildman–Crippen LogP) is 1.59. The summed E-state index contributed by atoms with van der Waals surface area (Å²) in [5.74, 6) is 0. The minimum Gasteiger partial charge on any atom is -0.444 e. The highest BCUT2D eigenvalue weighted by Gasteiger charge is 2.24. The lowest BCUT2D eigenvalue weighted by atomic mass is 10.1. The van der Waals surface area contributed by atoms with Crippen molar-refractivity contribution in [3.8, 4) is 0 Å². The molecule has 14 heavy (non-hydrogen) atoms. The predicted molar refractivity (Wildman–Crippen MR) is 57.1 cm³/mol. The van der Waals surface area contributed by atoms with Crippen LogP contribution in [0, 0.1) is 0 Å². The van der Waals surface area contributed by atoms with E-state index in [0.29, 0.717) is 0 Å². The molecule has 0 bridgehead atoms. The normalized spacial score (nSPS) is 15.9. The van der Waals surface area contributed by atoms with Crippen molar-refractivity contribution in [3.05, 3.63) is 0 Å². The molecule has 0 radical (unpaired) electrons. The molecule has 0 aliphatic heterocycles. The molecule has 0 aromatic heterocycles. The Labute approximate surface area is 86.4 Å². The van der Waals surface area contributed by atoms with E-state index in [4.69, 9.17) is 10.5 Å². The first-order chi connectivity index (χ1) is 6.15. The minimum absolute atomic E-state index is 0.0233. The monoisotopic (exact) mass is 202 g/mol. The highest BCUT2D eigenvalue weighted by molar-refractivity contribution is 5.68. The number of ether oxygens (including phenoxy) is 1. The van der Waals surface area contributed by atoms with Crippen molar-refractivity contribution >= 4 is 6.09 Å². The van der Waals surface area contributed by atoms with Gasteiger partial charge in [-0.25, -0.2) is 4.79 Å². The van der Waals surface area contributed by atoms with E-state index in [2.05, 4.69) is 0 Å². The van der Waals surface area contributed by atoms with Gasteiger partial charge < -0.3 is 15.4 Å². The molecule has 84 valence electrons. The fourth-order valence-corrected chi connectivity index (χ4v) is 0.853. The maximum absolute atomic E-state index is 11.6. The molecule has 0 saturated heterocycles. The SMILES string of the molecule is CC(N)[C@H](C)N(C)C(=O)OC(C)(C)C. The molecule has 0 aliphatic rings. The molecule has 0 aliphatic carbocycles. The van der Waals surface area contributed by atoms with Crippen molar-refractivity contribution in [1.82, 2.24) is 4.90 Å². The second-order valence-corrected chi connectivity index (χ2v) is 4.69. The van der Waals surface area contributed by atoms with E-state index in [9.17, 15) is 4.79 Å². The average Bonchev–Trinajstić information content (AvgIpc) is 1.98. The maximum atomic E-state index is 11.6. The van der Waals surface area contributed by atoms with Gasteiger partial charge in [-0.2, -0.15) is 0 Å². The molecular weight excluding hydrogens is 180 g/mol. The van der Waals surface area contributed by atoms with Gasteiger partial charge in [0.05, 0.1) is 0 Å². The molecule has 2 N–H and O–H groups in total. The van der Waals surface area contributed by atoms with E-state index in [-0.39, 0.29) is 18.2 Å². The molecule has 0 spiro atoms. The lowest BCUT2D eigenvalue weighted by molar-refractivity contribution is 0.0219. The summed E-state index contributed by atoms with van der Waals surface area (Å²) in [5.41, 5.74) is 5.23. The van der Waals surface area contributed by atoms with E-state index in [1.807, 2.05) is 34.6 Å². The fourth-order valence-electron chi connectivity index (χ4n) is 0.853. The van der Waals surface area contributed by atoms with Crippen LogP contribution in [0.25, 0.3) is 0 Å². The summed E-state index contributed by atoms with van der Waals surface area (Å²) < 4.78 is 5.20. The third-order valence-corrected chi connectivity index (χ3v) is 2.05. The van der Waals surface area contributed by atoms with Gasteiger partial charge in [-0.3, -0.25) is 0 Å². The quantitative estimate of drug-likeness (QED) is 0.739. The van der Waals surface area contributed by atoms with Gasteiger partial charge >= 0.3 is 6.09 Å². The number of nitrogens with zero attached hydrogens (tertiary/aromatic N) is 1. The smallest absolute Gasteiger partial charge is 0.410 e. The summed E-state index contributed by atoms with van der Waals surface area (Å²) >= 11 is 0. The molecule has 2 atom stereocenters. The zero-order valence-electron chi connectivity index (χ0n) is 10.00. The lowest BCUT2D eigenvalue weighted by Gasteiger charge is -2.30. The number of nitrogens with two attached hydrogens (primary N) is 1. The Morgan fingerprint density at radius 3 is 2.07 bits per heavy atom. The van der Waals surface area contributed by atoms with Gasteiger partial charge in [0.25, 0.3) is 0 Å². The highest BCUT2D eigenvalue weighted by Crippen LogP contribution is 2.11. The van der Waals surface area contributed by atoms with Gasteiger partial charge in [0.1, 0.15) is 5.60 Å². The van der Waals surface area contributed by atoms with Gasteiger partial charge in [0, 0.05) is 19.1 Å². The molecular formula is C10H22N2O2. The molecule has 0 aromatic rings. The van der Waals surface area contributed by atoms with Crippen LogP contribution >= 0.6 is 0 Å². The molecule has 4 heteroatoms. The zero-order valence-corrected chi connectivity index (χ0v) is 10.00.